The maximum atomic E-state index is 12.3. The lowest BCUT2D eigenvalue weighted by atomic mass is 10.2. The van der Waals surface area contributed by atoms with E-state index >= 15 is 0 Å². The molecule has 5 nitrogen and oxygen atoms in total. The summed E-state index contributed by atoms with van der Waals surface area (Å²) < 4.78 is 5.15. The topological polar surface area (TPSA) is 68.0 Å². The van der Waals surface area contributed by atoms with Gasteiger partial charge < -0.3 is 9.73 Å². The fourth-order valence-corrected chi connectivity index (χ4v) is 3.74. The molecule has 4 rings (SSSR count). The highest BCUT2D eigenvalue weighted by Gasteiger charge is 2.44. The Labute approximate surface area is 137 Å². The number of anilines is 1. The van der Waals surface area contributed by atoms with Gasteiger partial charge >= 0.3 is 0 Å². The van der Waals surface area contributed by atoms with E-state index in [0.29, 0.717) is 11.8 Å². The average molecular weight is 325 g/mol. The minimum Gasteiger partial charge on any atom is -0.423 e. The van der Waals surface area contributed by atoms with Gasteiger partial charge in [-0.2, -0.15) is 0 Å². The number of aryl methyl sites for hydroxylation is 1. The molecule has 0 bridgehead atoms. The number of carbonyl (C=O) groups is 1. The molecule has 6 heteroatoms. The minimum atomic E-state index is 0.0867. The summed E-state index contributed by atoms with van der Waals surface area (Å²) >= 11 is 1.78. The van der Waals surface area contributed by atoms with Crippen molar-refractivity contribution >= 4 is 22.9 Å². The van der Waals surface area contributed by atoms with E-state index in [1.165, 1.54) is 16.1 Å². The number of nitrogens with one attached hydrogen (secondary N) is 1. The van der Waals surface area contributed by atoms with Crippen LogP contribution in [0, 0.1) is 12.8 Å². The molecule has 1 N–H and O–H groups in total. The fraction of sp³-hybridized carbons (Fsp3) is 0.235. The molecule has 3 aromatic rings. The van der Waals surface area contributed by atoms with E-state index < -0.39 is 0 Å². The predicted molar refractivity (Wildman–Crippen MR) is 88.3 cm³/mol. The third kappa shape index (κ3) is 2.90. The van der Waals surface area contributed by atoms with Gasteiger partial charge in [-0.1, -0.05) is 0 Å². The quantitative estimate of drug-likeness (QED) is 0.791. The molecule has 2 heterocycles. The zero-order valence-electron chi connectivity index (χ0n) is 12.5. The highest BCUT2D eigenvalue weighted by molar-refractivity contribution is 7.12. The Balaban J connectivity index is 1.40. The smallest absolute Gasteiger partial charge is 0.247 e. The van der Waals surface area contributed by atoms with Gasteiger partial charge in [0.2, 0.25) is 18.2 Å². The Bertz CT molecular complexity index is 824. The number of carbonyl (C=O) groups excluding carboxylic acids is 1. The fourth-order valence-electron chi connectivity index (χ4n) is 2.68. The van der Waals surface area contributed by atoms with Crippen LogP contribution in [0.5, 0.6) is 0 Å². The van der Waals surface area contributed by atoms with E-state index in [2.05, 4.69) is 34.6 Å². The first kappa shape index (κ1) is 14.1. The van der Waals surface area contributed by atoms with Gasteiger partial charge in [0.1, 0.15) is 0 Å². The van der Waals surface area contributed by atoms with Crippen LogP contribution < -0.4 is 5.32 Å². The summed E-state index contributed by atoms with van der Waals surface area (Å²) in [6, 6.07) is 11.7. The molecule has 23 heavy (non-hydrogen) atoms. The molecule has 1 aliphatic carbocycles. The number of aromatic nitrogens is 2. The highest BCUT2D eigenvalue weighted by Crippen LogP contribution is 2.50. The van der Waals surface area contributed by atoms with Crippen LogP contribution in [0.4, 0.5) is 5.69 Å². The largest absolute Gasteiger partial charge is 0.423 e. The molecule has 1 aliphatic rings. The molecule has 2 aromatic heterocycles. The van der Waals surface area contributed by atoms with Crippen molar-refractivity contribution in [3.8, 4) is 11.5 Å². The molecule has 1 saturated carbocycles. The first-order valence-corrected chi connectivity index (χ1v) is 8.26. The van der Waals surface area contributed by atoms with E-state index in [0.717, 1.165) is 17.7 Å². The number of amides is 1. The van der Waals surface area contributed by atoms with Crippen molar-refractivity contribution in [2.24, 2.45) is 5.92 Å². The third-order valence-electron chi connectivity index (χ3n) is 4.01. The number of benzene rings is 1. The van der Waals surface area contributed by atoms with E-state index in [1.54, 1.807) is 11.3 Å². The van der Waals surface area contributed by atoms with Gasteiger partial charge in [0.25, 0.3) is 0 Å². The van der Waals surface area contributed by atoms with Crippen LogP contribution in [-0.4, -0.2) is 16.1 Å². The lowest BCUT2D eigenvalue weighted by molar-refractivity contribution is -0.117. The summed E-state index contributed by atoms with van der Waals surface area (Å²) in [7, 11) is 0. The lowest BCUT2D eigenvalue weighted by Gasteiger charge is -2.05. The first-order valence-electron chi connectivity index (χ1n) is 7.44. The van der Waals surface area contributed by atoms with Gasteiger partial charge in [-0.15, -0.1) is 21.5 Å². The minimum absolute atomic E-state index is 0.0867. The summed E-state index contributed by atoms with van der Waals surface area (Å²) in [4.78, 5) is 14.9. The molecule has 2 atom stereocenters. The zero-order chi connectivity index (χ0) is 15.8. The molecular formula is C17H15N3O2S. The molecule has 0 unspecified atom stereocenters. The maximum absolute atomic E-state index is 12.3. The van der Waals surface area contributed by atoms with Gasteiger partial charge in [-0.25, -0.2) is 0 Å². The summed E-state index contributed by atoms with van der Waals surface area (Å²) in [5.74, 6) is 1.03. The highest BCUT2D eigenvalue weighted by atomic mass is 32.1. The van der Waals surface area contributed by atoms with Crippen molar-refractivity contribution in [3.05, 3.63) is 52.5 Å². The van der Waals surface area contributed by atoms with Crippen LogP contribution in [0.2, 0.25) is 0 Å². The zero-order valence-corrected chi connectivity index (χ0v) is 13.3. The summed E-state index contributed by atoms with van der Waals surface area (Å²) in [6.45, 7) is 2.09. The van der Waals surface area contributed by atoms with Crippen molar-refractivity contribution in [1.82, 2.24) is 10.2 Å². The van der Waals surface area contributed by atoms with Gasteiger partial charge in [-0.3, -0.25) is 4.79 Å². The second-order valence-electron chi connectivity index (χ2n) is 5.71. The summed E-state index contributed by atoms with van der Waals surface area (Å²) in [5.41, 5.74) is 1.62. The number of nitrogens with zero attached hydrogens (tertiary/aromatic N) is 2. The second-order valence-corrected chi connectivity index (χ2v) is 7.03. The van der Waals surface area contributed by atoms with Crippen LogP contribution in [0.15, 0.2) is 47.2 Å². The maximum Gasteiger partial charge on any atom is 0.247 e. The Morgan fingerprint density at radius 3 is 2.74 bits per heavy atom. The van der Waals surface area contributed by atoms with E-state index in [-0.39, 0.29) is 11.8 Å². The lowest BCUT2D eigenvalue weighted by Crippen LogP contribution is -2.14. The first-order chi connectivity index (χ1) is 11.2. The molecule has 0 saturated heterocycles. The van der Waals surface area contributed by atoms with Crippen LogP contribution in [0.1, 0.15) is 22.1 Å². The van der Waals surface area contributed by atoms with Crippen LogP contribution in [0.25, 0.3) is 11.5 Å². The van der Waals surface area contributed by atoms with Crippen molar-refractivity contribution in [2.75, 3.05) is 5.32 Å². The molecule has 0 radical (unpaired) electrons. The molecular weight excluding hydrogens is 310 g/mol. The molecule has 1 aromatic carbocycles. The SMILES string of the molecule is Cc1ccc([C@@H]2C[C@@H]2C(=O)Nc2ccc(-c3nnco3)cc2)s1. The van der Waals surface area contributed by atoms with E-state index in [1.807, 2.05) is 24.3 Å². The van der Waals surface area contributed by atoms with Crippen LogP contribution >= 0.6 is 11.3 Å². The Morgan fingerprint density at radius 2 is 2.09 bits per heavy atom. The Morgan fingerprint density at radius 1 is 1.26 bits per heavy atom. The average Bonchev–Trinajstić information content (AvgIpc) is 2.95. The van der Waals surface area contributed by atoms with Crippen molar-refractivity contribution in [3.63, 3.8) is 0 Å². The molecule has 0 spiro atoms. The number of hydrogen-bond acceptors (Lipinski definition) is 5. The number of hydrogen-bond donors (Lipinski definition) is 1. The Hall–Kier alpha value is -2.47. The van der Waals surface area contributed by atoms with Gasteiger partial charge in [0, 0.05) is 32.8 Å². The normalized spacial score (nSPS) is 19.5. The monoisotopic (exact) mass is 325 g/mol. The van der Waals surface area contributed by atoms with Crippen molar-refractivity contribution < 1.29 is 9.21 Å². The summed E-state index contributed by atoms with van der Waals surface area (Å²) in [6.07, 6.45) is 2.23. The van der Waals surface area contributed by atoms with Crippen LogP contribution in [-0.2, 0) is 4.79 Å². The predicted octanol–water partition coefficient (Wildman–Crippen LogP) is 3.85. The Kier molecular flexibility index (Phi) is 3.46. The van der Waals surface area contributed by atoms with Crippen molar-refractivity contribution in [1.29, 1.82) is 0 Å². The van der Waals surface area contributed by atoms with Crippen LogP contribution in [0.3, 0.4) is 0 Å². The number of thiophene rings is 1. The van der Waals surface area contributed by atoms with Gasteiger partial charge in [0.15, 0.2) is 0 Å². The van der Waals surface area contributed by atoms with Crippen molar-refractivity contribution in [2.45, 2.75) is 19.3 Å². The molecule has 1 fully saturated rings. The molecule has 116 valence electrons. The molecule has 1 amide bonds. The standard InChI is InChI=1S/C17H15N3O2S/c1-10-2-7-15(23-10)13-8-14(13)16(21)19-12-5-3-11(4-6-12)17-20-18-9-22-17/h2-7,9,13-14H,8H2,1H3,(H,19,21)/t13-,14+/m1/s1. The number of rotatable bonds is 4. The van der Waals surface area contributed by atoms with E-state index in [9.17, 15) is 4.79 Å². The van der Waals surface area contributed by atoms with Gasteiger partial charge in [0.05, 0.1) is 0 Å². The van der Waals surface area contributed by atoms with Gasteiger partial charge in [-0.05, 0) is 49.7 Å². The second kappa shape index (κ2) is 5.62. The van der Waals surface area contributed by atoms with E-state index in [4.69, 9.17) is 4.42 Å². The molecule has 0 aliphatic heterocycles. The third-order valence-corrected chi connectivity index (χ3v) is 5.15. The summed E-state index contributed by atoms with van der Waals surface area (Å²) in [5, 5.41) is 10.5.